The summed E-state index contributed by atoms with van der Waals surface area (Å²) in [5.74, 6) is 0.389. The Bertz CT molecular complexity index is 992. The number of thioether (sulfide) groups is 1. The van der Waals surface area contributed by atoms with Gasteiger partial charge < -0.3 is 10.6 Å². The third kappa shape index (κ3) is 4.97. The van der Waals surface area contributed by atoms with E-state index < -0.39 is 11.7 Å². The lowest BCUT2D eigenvalue weighted by Gasteiger charge is -2.10. The second-order valence-corrected chi connectivity index (χ2v) is 7.81. The number of carbonyl (C=O) groups excluding carboxylic acids is 1. The molecule has 0 saturated carbocycles. The Kier molecular flexibility index (Phi) is 7.27. The molecule has 2 aromatic heterocycles. The second kappa shape index (κ2) is 9.89. The van der Waals surface area contributed by atoms with Gasteiger partial charge in [0.25, 0.3) is 5.91 Å². The highest BCUT2D eigenvalue weighted by molar-refractivity contribution is 7.99. The molecule has 7 nitrogen and oxygen atoms in total. The standard InChI is InChI=1S/C19H22ClFN6OS/c1-3-8-22-16-12-11-24-27(17(12)26-19(25-16)29-4-2)10-9-23-18(28)15-13(20)6-5-7-14(15)21/h5-7,11H,3-4,8-10H2,1-2H3,(H,23,28)(H,22,25,26). The maximum Gasteiger partial charge on any atom is 0.255 e. The van der Waals surface area contributed by atoms with Gasteiger partial charge in [0.15, 0.2) is 10.8 Å². The quantitative estimate of drug-likeness (QED) is 0.390. The zero-order valence-electron chi connectivity index (χ0n) is 16.2. The van der Waals surface area contributed by atoms with Crippen molar-refractivity contribution >= 4 is 46.1 Å². The number of nitrogens with zero attached hydrogens (tertiary/aromatic N) is 4. The fourth-order valence-electron chi connectivity index (χ4n) is 2.75. The van der Waals surface area contributed by atoms with Crippen LogP contribution < -0.4 is 10.6 Å². The van der Waals surface area contributed by atoms with E-state index in [4.69, 9.17) is 11.6 Å². The first kappa shape index (κ1) is 21.3. The first-order valence-corrected chi connectivity index (χ1v) is 10.7. The summed E-state index contributed by atoms with van der Waals surface area (Å²) in [6, 6.07) is 4.14. The molecule has 1 amide bonds. The Hall–Kier alpha value is -2.39. The number of carbonyl (C=O) groups is 1. The van der Waals surface area contributed by atoms with Crippen molar-refractivity contribution < 1.29 is 9.18 Å². The smallest absolute Gasteiger partial charge is 0.255 e. The maximum absolute atomic E-state index is 13.9. The van der Waals surface area contributed by atoms with E-state index in [0.717, 1.165) is 29.9 Å². The summed E-state index contributed by atoms with van der Waals surface area (Å²) in [5.41, 5.74) is 0.530. The van der Waals surface area contributed by atoms with Gasteiger partial charge >= 0.3 is 0 Å². The molecule has 3 rings (SSSR count). The van der Waals surface area contributed by atoms with E-state index in [1.807, 2.05) is 6.92 Å². The van der Waals surface area contributed by atoms with Gasteiger partial charge in [0.05, 0.1) is 28.7 Å². The molecule has 0 aliphatic carbocycles. The van der Waals surface area contributed by atoms with Gasteiger partial charge in [-0.05, 0) is 24.3 Å². The first-order chi connectivity index (χ1) is 14.0. The highest BCUT2D eigenvalue weighted by Crippen LogP contribution is 2.24. The molecule has 3 aromatic rings. The van der Waals surface area contributed by atoms with E-state index in [9.17, 15) is 9.18 Å². The van der Waals surface area contributed by atoms with Gasteiger partial charge in [-0.2, -0.15) is 5.10 Å². The number of rotatable bonds is 9. The molecule has 0 fully saturated rings. The van der Waals surface area contributed by atoms with Gasteiger partial charge in [-0.15, -0.1) is 0 Å². The van der Waals surface area contributed by atoms with Crippen molar-refractivity contribution in [3.05, 3.63) is 40.8 Å². The molecule has 0 spiro atoms. The van der Waals surface area contributed by atoms with Crippen molar-refractivity contribution in [3.8, 4) is 0 Å². The van der Waals surface area contributed by atoms with Crippen LogP contribution in [-0.4, -0.2) is 44.5 Å². The van der Waals surface area contributed by atoms with E-state index in [0.29, 0.717) is 17.3 Å². The van der Waals surface area contributed by atoms with Crippen LogP contribution in [0, 0.1) is 5.82 Å². The van der Waals surface area contributed by atoms with E-state index in [1.165, 1.54) is 18.2 Å². The third-order valence-corrected chi connectivity index (χ3v) is 5.14. The van der Waals surface area contributed by atoms with Gasteiger partial charge in [-0.3, -0.25) is 4.79 Å². The van der Waals surface area contributed by atoms with Crippen molar-refractivity contribution in [2.45, 2.75) is 32.0 Å². The summed E-state index contributed by atoms with van der Waals surface area (Å²) in [6.45, 7) is 5.55. The summed E-state index contributed by atoms with van der Waals surface area (Å²) < 4.78 is 15.6. The van der Waals surface area contributed by atoms with Crippen molar-refractivity contribution in [2.75, 3.05) is 24.2 Å². The molecule has 0 saturated heterocycles. The molecule has 1 aromatic carbocycles. The minimum absolute atomic E-state index is 0.0765. The summed E-state index contributed by atoms with van der Waals surface area (Å²) in [7, 11) is 0. The maximum atomic E-state index is 13.9. The fraction of sp³-hybridized carbons (Fsp3) is 0.368. The molecule has 0 bridgehead atoms. The van der Waals surface area contributed by atoms with Crippen LogP contribution in [0.4, 0.5) is 10.2 Å². The van der Waals surface area contributed by atoms with Gasteiger partial charge in [0.1, 0.15) is 11.6 Å². The van der Waals surface area contributed by atoms with Crippen molar-refractivity contribution in [1.29, 1.82) is 0 Å². The zero-order valence-corrected chi connectivity index (χ0v) is 17.8. The van der Waals surface area contributed by atoms with Crippen LogP contribution in [0.3, 0.4) is 0 Å². The minimum Gasteiger partial charge on any atom is -0.369 e. The third-order valence-electron chi connectivity index (χ3n) is 4.09. The molecular formula is C19H22ClFN6OS. The Morgan fingerprint density at radius 3 is 2.83 bits per heavy atom. The Labute approximate surface area is 177 Å². The summed E-state index contributed by atoms with van der Waals surface area (Å²) in [4.78, 5) is 21.5. The summed E-state index contributed by atoms with van der Waals surface area (Å²) >= 11 is 7.49. The van der Waals surface area contributed by atoms with Crippen LogP contribution in [0.25, 0.3) is 11.0 Å². The van der Waals surface area contributed by atoms with E-state index >= 15 is 0 Å². The zero-order chi connectivity index (χ0) is 20.8. The minimum atomic E-state index is -0.653. The lowest BCUT2D eigenvalue weighted by atomic mass is 10.2. The molecule has 0 radical (unpaired) electrons. The number of amides is 1. The number of aromatic nitrogens is 4. The van der Waals surface area contributed by atoms with Crippen LogP contribution >= 0.6 is 23.4 Å². The Morgan fingerprint density at radius 1 is 1.28 bits per heavy atom. The number of nitrogens with one attached hydrogen (secondary N) is 2. The topological polar surface area (TPSA) is 84.7 Å². The first-order valence-electron chi connectivity index (χ1n) is 9.37. The highest BCUT2D eigenvalue weighted by atomic mass is 35.5. The molecular weight excluding hydrogens is 415 g/mol. The van der Waals surface area contributed by atoms with Crippen molar-refractivity contribution in [2.24, 2.45) is 0 Å². The molecule has 2 N–H and O–H groups in total. The number of fused-ring (bicyclic) bond motifs is 1. The van der Waals surface area contributed by atoms with Gasteiger partial charge in [-0.1, -0.05) is 43.3 Å². The lowest BCUT2D eigenvalue weighted by molar-refractivity contribution is 0.0948. The second-order valence-electron chi connectivity index (χ2n) is 6.17. The lowest BCUT2D eigenvalue weighted by Crippen LogP contribution is -2.28. The fourth-order valence-corrected chi connectivity index (χ4v) is 3.56. The molecule has 10 heteroatoms. The van der Waals surface area contributed by atoms with Crippen LogP contribution in [0.2, 0.25) is 5.02 Å². The van der Waals surface area contributed by atoms with Crippen molar-refractivity contribution in [3.63, 3.8) is 0 Å². The molecule has 0 unspecified atom stereocenters. The molecule has 29 heavy (non-hydrogen) atoms. The van der Waals surface area contributed by atoms with Crippen LogP contribution in [0.5, 0.6) is 0 Å². The van der Waals surface area contributed by atoms with Gasteiger partial charge in [0.2, 0.25) is 0 Å². The summed E-state index contributed by atoms with van der Waals surface area (Å²) in [6.07, 6.45) is 2.68. The molecule has 0 atom stereocenters. The van der Waals surface area contributed by atoms with E-state index in [1.54, 1.807) is 22.6 Å². The average Bonchev–Trinajstić information content (AvgIpc) is 3.09. The molecule has 0 aliphatic heterocycles. The van der Waals surface area contributed by atoms with E-state index in [2.05, 4.69) is 32.6 Å². The largest absolute Gasteiger partial charge is 0.369 e. The number of hydrogen-bond donors (Lipinski definition) is 2. The number of anilines is 1. The number of halogens is 2. The summed E-state index contributed by atoms with van der Waals surface area (Å²) in [5, 5.41) is 11.9. The Morgan fingerprint density at radius 2 is 2.10 bits per heavy atom. The molecule has 2 heterocycles. The van der Waals surface area contributed by atoms with Gasteiger partial charge in [-0.25, -0.2) is 19.0 Å². The number of benzene rings is 1. The van der Waals surface area contributed by atoms with Crippen LogP contribution in [0.15, 0.2) is 29.6 Å². The highest BCUT2D eigenvalue weighted by Gasteiger charge is 2.16. The SMILES string of the molecule is CCCNc1nc(SCC)nc2c1cnn2CCNC(=O)c1c(F)cccc1Cl. The predicted molar refractivity (Wildman–Crippen MR) is 114 cm³/mol. The van der Waals surface area contributed by atoms with Gasteiger partial charge in [0, 0.05) is 13.1 Å². The van der Waals surface area contributed by atoms with E-state index in [-0.39, 0.29) is 17.1 Å². The predicted octanol–water partition coefficient (Wildman–Crippen LogP) is 3.98. The average molecular weight is 437 g/mol. The van der Waals surface area contributed by atoms with Crippen LogP contribution in [0.1, 0.15) is 30.6 Å². The Balaban J connectivity index is 1.76. The molecule has 154 valence electrons. The number of hydrogen-bond acceptors (Lipinski definition) is 6. The normalized spacial score (nSPS) is 11.0. The van der Waals surface area contributed by atoms with Crippen LogP contribution in [-0.2, 0) is 6.54 Å². The molecule has 0 aliphatic rings. The van der Waals surface area contributed by atoms with Crippen molar-refractivity contribution in [1.82, 2.24) is 25.1 Å². The monoisotopic (exact) mass is 436 g/mol.